The summed E-state index contributed by atoms with van der Waals surface area (Å²) in [6.45, 7) is 4.29. The highest BCUT2D eigenvalue weighted by Crippen LogP contribution is 2.27. The van der Waals surface area contributed by atoms with E-state index in [0.717, 1.165) is 18.7 Å². The summed E-state index contributed by atoms with van der Waals surface area (Å²) < 4.78 is 0. The zero-order valence-corrected chi connectivity index (χ0v) is 11.5. The SMILES string of the molecule is Cc1ccc(C(C)Nc2ncnc3c2CCC3)cc1. The number of hydrogen-bond acceptors (Lipinski definition) is 3. The van der Waals surface area contributed by atoms with Crippen LogP contribution in [0.3, 0.4) is 0 Å². The number of hydrogen-bond donors (Lipinski definition) is 1. The van der Waals surface area contributed by atoms with Gasteiger partial charge in [-0.25, -0.2) is 9.97 Å². The summed E-state index contributed by atoms with van der Waals surface area (Å²) in [5, 5.41) is 3.53. The van der Waals surface area contributed by atoms with E-state index >= 15 is 0 Å². The Hall–Kier alpha value is -1.90. The molecule has 3 nitrogen and oxygen atoms in total. The molecule has 0 amide bonds. The Morgan fingerprint density at radius 1 is 1.11 bits per heavy atom. The van der Waals surface area contributed by atoms with Crippen molar-refractivity contribution in [3.05, 3.63) is 53.0 Å². The van der Waals surface area contributed by atoms with Gasteiger partial charge >= 0.3 is 0 Å². The predicted octanol–water partition coefficient (Wildman–Crippen LogP) is 3.45. The largest absolute Gasteiger partial charge is 0.363 e. The fourth-order valence-corrected chi connectivity index (χ4v) is 2.63. The van der Waals surface area contributed by atoms with E-state index in [9.17, 15) is 0 Å². The highest BCUT2D eigenvalue weighted by Gasteiger charge is 2.18. The van der Waals surface area contributed by atoms with Gasteiger partial charge in [-0.15, -0.1) is 0 Å². The van der Waals surface area contributed by atoms with E-state index in [1.807, 2.05) is 0 Å². The van der Waals surface area contributed by atoms with Crippen molar-refractivity contribution in [3.8, 4) is 0 Å². The summed E-state index contributed by atoms with van der Waals surface area (Å²) in [6, 6.07) is 8.92. The number of benzene rings is 1. The van der Waals surface area contributed by atoms with Gasteiger partial charge in [0, 0.05) is 17.3 Å². The molecule has 0 aliphatic heterocycles. The third-order valence-corrected chi connectivity index (χ3v) is 3.81. The molecule has 0 radical (unpaired) electrons. The fraction of sp³-hybridized carbons (Fsp3) is 0.375. The van der Waals surface area contributed by atoms with Gasteiger partial charge in [-0.1, -0.05) is 29.8 Å². The summed E-state index contributed by atoms with van der Waals surface area (Å²) in [5.41, 5.74) is 5.10. The Balaban J connectivity index is 1.82. The Labute approximate surface area is 114 Å². The summed E-state index contributed by atoms with van der Waals surface area (Å²) >= 11 is 0. The number of fused-ring (bicyclic) bond motifs is 1. The van der Waals surface area contributed by atoms with Crippen LogP contribution in [-0.4, -0.2) is 9.97 Å². The first kappa shape index (κ1) is 12.2. The minimum absolute atomic E-state index is 0.264. The van der Waals surface area contributed by atoms with Crippen molar-refractivity contribution in [1.29, 1.82) is 0 Å². The molecule has 1 unspecified atom stereocenters. The van der Waals surface area contributed by atoms with Crippen LogP contribution in [0.15, 0.2) is 30.6 Å². The number of anilines is 1. The second-order valence-electron chi connectivity index (χ2n) is 5.28. The number of nitrogens with one attached hydrogen (secondary N) is 1. The summed E-state index contributed by atoms with van der Waals surface area (Å²) in [6.07, 6.45) is 5.06. The highest BCUT2D eigenvalue weighted by molar-refractivity contribution is 5.49. The summed E-state index contributed by atoms with van der Waals surface area (Å²) in [4.78, 5) is 8.77. The molecule has 2 aromatic rings. The average molecular weight is 253 g/mol. The van der Waals surface area contributed by atoms with E-state index in [0.29, 0.717) is 0 Å². The molecule has 98 valence electrons. The molecule has 3 rings (SSSR count). The van der Waals surface area contributed by atoms with E-state index in [2.05, 4.69) is 53.4 Å². The van der Waals surface area contributed by atoms with Gasteiger partial charge in [-0.3, -0.25) is 0 Å². The van der Waals surface area contributed by atoms with Gasteiger partial charge in [0.05, 0.1) is 0 Å². The van der Waals surface area contributed by atoms with E-state index in [4.69, 9.17) is 0 Å². The van der Waals surface area contributed by atoms with E-state index in [-0.39, 0.29) is 6.04 Å². The Morgan fingerprint density at radius 2 is 1.89 bits per heavy atom. The van der Waals surface area contributed by atoms with Crippen LogP contribution in [0.2, 0.25) is 0 Å². The maximum Gasteiger partial charge on any atom is 0.133 e. The van der Waals surface area contributed by atoms with Crippen molar-refractivity contribution in [1.82, 2.24) is 9.97 Å². The van der Waals surface area contributed by atoms with Crippen LogP contribution < -0.4 is 5.32 Å². The Kier molecular flexibility index (Phi) is 3.20. The lowest BCUT2D eigenvalue weighted by atomic mass is 10.1. The van der Waals surface area contributed by atoms with Crippen molar-refractivity contribution >= 4 is 5.82 Å². The van der Waals surface area contributed by atoms with Crippen LogP contribution in [0.4, 0.5) is 5.82 Å². The second kappa shape index (κ2) is 5.00. The monoisotopic (exact) mass is 253 g/mol. The lowest BCUT2D eigenvalue weighted by Gasteiger charge is -2.17. The Bertz CT molecular complexity index is 575. The van der Waals surface area contributed by atoms with Gasteiger partial charge in [0.1, 0.15) is 12.1 Å². The zero-order valence-electron chi connectivity index (χ0n) is 11.5. The quantitative estimate of drug-likeness (QED) is 0.910. The normalized spacial score (nSPS) is 15.1. The van der Waals surface area contributed by atoms with Crippen LogP contribution in [-0.2, 0) is 12.8 Å². The first-order chi connectivity index (χ1) is 9.24. The molecule has 1 atom stereocenters. The van der Waals surface area contributed by atoms with Crippen molar-refractivity contribution in [2.45, 2.75) is 39.2 Å². The van der Waals surface area contributed by atoms with Gasteiger partial charge in [-0.05, 0) is 38.7 Å². The molecule has 1 aromatic carbocycles. The third kappa shape index (κ3) is 2.46. The van der Waals surface area contributed by atoms with E-state index in [1.54, 1.807) is 6.33 Å². The standard InChI is InChI=1S/C16H19N3/c1-11-6-8-13(9-7-11)12(2)19-16-14-4-3-5-15(14)17-10-18-16/h6-10,12H,3-5H2,1-2H3,(H,17,18,19). The fourth-order valence-electron chi connectivity index (χ4n) is 2.63. The molecule has 1 aliphatic rings. The molecular weight excluding hydrogens is 234 g/mol. The minimum Gasteiger partial charge on any atom is -0.363 e. The van der Waals surface area contributed by atoms with E-state index < -0.39 is 0 Å². The smallest absolute Gasteiger partial charge is 0.133 e. The second-order valence-corrected chi connectivity index (χ2v) is 5.28. The molecule has 0 spiro atoms. The molecule has 1 aromatic heterocycles. The number of nitrogens with zero attached hydrogens (tertiary/aromatic N) is 2. The Morgan fingerprint density at radius 3 is 2.68 bits per heavy atom. The molecule has 0 saturated carbocycles. The molecule has 3 heteroatoms. The minimum atomic E-state index is 0.264. The highest BCUT2D eigenvalue weighted by atomic mass is 15.0. The van der Waals surface area contributed by atoms with E-state index in [1.165, 1.54) is 28.8 Å². The topological polar surface area (TPSA) is 37.8 Å². The van der Waals surface area contributed by atoms with Crippen molar-refractivity contribution in [2.75, 3.05) is 5.32 Å². The van der Waals surface area contributed by atoms with Crippen LogP contribution in [0.5, 0.6) is 0 Å². The van der Waals surface area contributed by atoms with Crippen molar-refractivity contribution < 1.29 is 0 Å². The first-order valence-corrected chi connectivity index (χ1v) is 6.90. The van der Waals surface area contributed by atoms with Gasteiger partial charge < -0.3 is 5.32 Å². The molecular formula is C16H19N3. The van der Waals surface area contributed by atoms with Crippen LogP contribution >= 0.6 is 0 Å². The molecule has 1 aliphatic carbocycles. The first-order valence-electron chi connectivity index (χ1n) is 6.90. The maximum absolute atomic E-state index is 4.41. The zero-order chi connectivity index (χ0) is 13.2. The maximum atomic E-state index is 4.41. The lowest BCUT2D eigenvalue weighted by Crippen LogP contribution is -2.10. The molecule has 0 bridgehead atoms. The molecule has 0 saturated heterocycles. The average Bonchev–Trinajstić information content (AvgIpc) is 2.89. The van der Waals surface area contributed by atoms with Crippen LogP contribution in [0, 0.1) is 6.92 Å². The molecule has 1 heterocycles. The summed E-state index contributed by atoms with van der Waals surface area (Å²) in [7, 11) is 0. The van der Waals surface area contributed by atoms with Gasteiger partial charge in [0.2, 0.25) is 0 Å². The van der Waals surface area contributed by atoms with Crippen molar-refractivity contribution in [2.24, 2.45) is 0 Å². The van der Waals surface area contributed by atoms with Gasteiger partial charge in [0.25, 0.3) is 0 Å². The summed E-state index contributed by atoms with van der Waals surface area (Å²) in [5.74, 6) is 1.01. The predicted molar refractivity (Wildman–Crippen MR) is 77.3 cm³/mol. The lowest BCUT2D eigenvalue weighted by molar-refractivity contribution is 0.862. The number of aryl methyl sites for hydroxylation is 2. The molecule has 19 heavy (non-hydrogen) atoms. The number of rotatable bonds is 3. The van der Waals surface area contributed by atoms with Crippen LogP contribution in [0.1, 0.15) is 41.8 Å². The third-order valence-electron chi connectivity index (χ3n) is 3.81. The van der Waals surface area contributed by atoms with Gasteiger partial charge in [-0.2, -0.15) is 0 Å². The number of aromatic nitrogens is 2. The van der Waals surface area contributed by atoms with Crippen molar-refractivity contribution in [3.63, 3.8) is 0 Å². The molecule has 0 fully saturated rings. The van der Waals surface area contributed by atoms with Crippen LogP contribution in [0.25, 0.3) is 0 Å². The van der Waals surface area contributed by atoms with Gasteiger partial charge in [0.15, 0.2) is 0 Å². The molecule has 1 N–H and O–H groups in total.